The summed E-state index contributed by atoms with van der Waals surface area (Å²) in [6.07, 6.45) is 1.88. The maximum Gasteiger partial charge on any atom is 0.0705 e. The molecule has 0 aliphatic carbocycles. The molecule has 1 heterocycles. The number of benzene rings is 1. The van der Waals surface area contributed by atoms with E-state index in [2.05, 4.69) is 60.5 Å². The molecule has 0 fully saturated rings. The fraction of sp³-hybridized carbons (Fsp3) is 0.400. The van der Waals surface area contributed by atoms with E-state index in [0.717, 1.165) is 18.6 Å². The highest BCUT2D eigenvalue weighted by Crippen LogP contribution is 2.15. The molecule has 1 aromatic carbocycles. The van der Waals surface area contributed by atoms with Gasteiger partial charge in [-0.2, -0.15) is 0 Å². The second-order valence-corrected chi connectivity index (χ2v) is 4.93. The largest absolute Gasteiger partial charge is 0.311 e. The molecule has 1 unspecified atom stereocenters. The molecule has 18 heavy (non-hydrogen) atoms. The van der Waals surface area contributed by atoms with Crippen molar-refractivity contribution >= 4 is 10.9 Å². The Morgan fingerprint density at radius 3 is 2.78 bits per heavy atom. The highest BCUT2D eigenvalue weighted by Gasteiger charge is 2.05. The SMILES string of the molecule is CC(CNCc1ccnc2ccccc12)N(C)C. The van der Waals surface area contributed by atoms with Gasteiger partial charge in [0.15, 0.2) is 0 Å². The topological polar surface area (TPSA) is 28.2 Å². The van der Waals surface area contributed by atoms with Crippen LogP contribution < -0.4 is 5.32 Å². The number of aromatic nitrogens is 1. The van der Waals surface area contributed by atoms with Crippen molar-refractivity contribution in [2.24, 2.45) is 0 Å². The Morgan fingerprint density at radius 2 is 2.00 bits per heavy atom. The zero-order valence-electron chi connectivity index (χ0n) is 11.4. The lowest BCUT2D eigenvalue weighted by molar-refractivity contribution is 0.303. The third kappa shape index (κ3) is 3.06. The third-order valence-corrected chi connectivity index (χ3v) is 3.38. The van der Waals surface area contributed by atoms with Crippen LogP contribution in [0.4, 0.5) is 0 Å². The van der Waals surface area contributed by atoms with Gasteiger partial charge in [-0.25, -0.2) is 0 Å². The minimum absolute atomic E-state index is 0.540. The Hall–Kier alpha value is -1.45. The van der Waals surface area contributed by atoms with Gasteiger partial charge >= 0.3 is 0 Å². The molecule has 0 aliphatic heterocycles. The molecule has 96 valence electrons. The van der Waals surface area contributed by atoms with Gasteiger partial charge in [-0.1, -0.05) is 18.2 Å². The maximum absolute atomic E-state index is 4.38. The fourth-order valence-electron chi connectivity index (χ4n) is 1.91. The first kappa shape index (κ1) is 13.0. The van der Waals surface area contributed by atoms with Crippen LogP contribution in [-0.4, -0.2) is 36.6 Å². The minimum Gasteiger partial charge on any atom is -0.311 e. The van der Waals surface area contributed by atoms with Crippen molar-refractivity contribution < 1.29 is 0 Å². The predicted octanol–water partition coefficient (Wildman–Crippen LogP) is 2.27. The average Bonchev–Trinajstić information content (AvgIpc) is 2.38. The van der Waals surface area contributed by atoms with E-state index in [9.17, 15) is 0 Å². The summed E-state index contributed by atoms with van der Waals surface area (Å²) in [7, 11) is 4.21. The standard InChI is InChI=1S/C15H21N3/c1-12(18(2)3)10-16-11-13-8-9-17-15-7-5-4-6-14(13)15/h4-9,12,16H,10-11H2,1-3H3. The molecule has 3 heteroatoms. The number of fused-ring (bicyclic) bond motifs is 1. The number of para-hydroxylation sites is 1. The van der Waals surface area contributed by atoms with E-state index in [4.69, 9.17) is 0 Å². The monoisotopic (exact) mass is 243 g/mol. The van der Waals surface area contributed by atoms with E-state index in [1.807, 2.05) is 12.3 Å². The Kier molecular flexibility index (Phi) is 4.28. The third-order valence-electron chi connectivity index (χ3n) is 3.38. The molecule has 1 aromatic heterocycles. The fourth-order valence-corrected chi connectivity index (χ4v) is 1.91. The zero-order valence-corrected chi connectivity index (χ0v) is 11.4. The molecule has 2 rings (SSSR count). The van der Waals surface area contributed by atoms with Gasteiger partial charge in [0.2, 0.25) is 0 Å². The lowest BCUT2D eigenvalue weighted by Gasteiger charge is -2.20. The van der Waals surface area contributed by atoms with Crippen LogP contribution in [0.5, 0.6) is 0 Å². The number of rotatable bonds is 5. The Morgan fingerprint density at radius 1 is 1.22 bits per heavy atom. The molecule has 2 aromatic rings. The van der Waals surface area contributed by atoms with Crippen LogP contribution in [0.15, 0.2) is 36.5 Å². The predicted molar refractivity (Wildman–Crippen MR) is 76.6 cm³/mol. The minimum atomic E-state index is 0.540. The van der Waals surface area contributed by atoms with Crippen molar-refractivity contribution in [3.05, 3.63) is 42.1 Å². The molecule has 0 spiro atoms. The van der Waals surface area contributed by atoms with Crippen molar-refractivity contribution in [2.45, 2.75) is 19.5 Å². The molecule has 0 saturated heterocycles. The summed E-state index contributed by atoms with van der Waals surface area (Å²) < 4.78 is 0. The van der Waals surface area contributed by atoms with Gasteiger partial charge in [0.25, 0.3) is 0 Å². The highest BCUT2D eigenvalue weighted by atomic mass is 15.1. The van der Waals surface area contributed by atoms with Crippen LogP contribution in [0, 0.1) is 0 Å². The molecular formula is C15H21N3. The molecular weight excluding hydrogens is 222 g/mol. The Balaban J connectivity index is 2.04. The lowest BCUT2D eigenvalue weighted by atomic mass is 10.1. The Labute approximate surface area is 109 Å². The van der Waals surface area contributed by atoms with Crippen molar-refractivity contribution in [3.8, 4) is 0 Å². The van der Waals surface area contributed by atoms with Crippen molar-refractivity contribution in [1.82, 2.24) is 15.2 Å². The van der Waals surface area contributed by atoms with Crippen LogP contribution in [0.25, 0.3) is 10.9 Å². The first-order chi connectivity index (χ1) is 8.68. The van der Waals surface area contributed by atoms with Crippen LogP contribution in [0.2, 0.25) is 0 Å². The first-order valence-corrected chi connectivity index (χ1v) is 6.38. The molecule has 3 nitrogen and oxygen atoms in total. The summed E-state index contributed by atoms with van der Waals surface area (Å²) in [6.45, 7) is 4.10. The molecule has 0 bridgehead atoms. The van der Waals surface area contributed by atoms with Gasteiger partial charge in [0, 0.05) is 30.7 Å². The van der Waals surface area contributed by atoms with Gasteiger partial charge in [0.1, 0.15) is 0 Å². The van der Waals surface area contributed by atoms with Crippen LogP contribution in [-0.2, 0) is 6.54 Å². The summed E-state index contributed by atoms with van der Waals surface area (Å²) >= 11 is 0. The summed E-state index contributed by atoms with van der Waals surface area (Å²) in [4.78, 5) is 6.60. The zero-order chi connectivity index (χ0) is 13.0. The number of nitrogens with one attached hydrogen (secondary N) is 1. The lowest BCUT2D eigenvalue weighted by Crippen LogP contribution is -2.35. The van der Waals surface area contributed by atoms with Gasteiger partial charge in [0.05, 0.1) is 5.52 Å². The van der Waals surface area contributed by atoms with Crippen molar-refractivity contribution in [1.29, 1.82) is 0 Å². The smallest absolute Gasteiger partial charge is 0.0705 e. The van der Waals surface area contributed by atoms with E-state index in [1.54, 1.807) is 0 Å². The second kappa shape index (κ2) is 5.94. The van der Waals surface area contributed by atoms with E-state index in [0.29, 0.717) is 6.04 Å². The summed E-state index contributed by atoms with van der Waals surface area (Å²) in [5.41, 5.74) is 2.38. The molecule has 0 aliphatic rings. The average molecular weight is 243 g/mol. The number of hydrogen-bond acceptors (Lipinski definition) is 3. The van der Waals surface area contributed by atoms with Crippen LogP contribution >= 0.6 is 0 Å². The summed E-state index contributed by atoms with van der Waals surface area (Å²) in [6, 6.07) is 10.9. The normalized spacial score (nSPS) is 13.1. The molecule has 1 N–H and O–H groups in total. The van der Waals surface area contributed by atoms with Gasteiger partial charge in [-0.3, -0.25) is 4.98 Å². The van der Waals surface area contributed by atoms with Crippen LogP contribution in [0.1, 0.15) is 12.5 Å². The summed E-state index contributed by atoms with van der Waals surface area (Å²) in [5, 5.41) is 4.75. The number of likely N-dealkylation sites (N-methyl/N-ethyl adjacent to an activating group) is 1. The number of pyridine rings is 1. The van der Waals surface area contributed by atoms with Gasteiger partial charge in [-0.05, 0) is 38.7 Å². The summed E-state index contributed by atoms with van der Waals surface area (Å²) in [5.74, 6) is 0. The van der Waals surface area contributed by atoms with Crippen LogP contribution in [0.3, 0.4) is 0 Å². The molecule has 1 atom stereocenters. The Bertz CT molecular complexity index is 503. The van der Waals surface area contributed by atoms with E-state index >= 15 is 0 Å². The quantitative estimate of drug-likeness (QED) is 0.873. The maximum atomic E-state index is 4.38. The van der Waals surface area contributed by atoms with E-state index in [-0.39, 0.29) is 0 Å². The first-order valence-electron chi connectivity index (χ1n) is 6.38. The molecule has 0 radical (unpaired) electrons. The highest BCUT2D eigenvalue weighted by molar-refractivity contribution is 5.81. The van der Waals surface area contributed by atoms with Gasteiger partial charge in [-0.15, -0.1) is 0 Å². The van der Waals surface area contributed by atoms with Crippen molar-refractivity contribution in [2.75, 3.05) is 20.6 Å². The van der Waals surface area contributed by atoms with Crippen molar-refractivity contribution in [3.63, 3.8) is 0 Å². The van der Waals surface area contributed by atoms with E-state index < -0.39 is 0 Å². The van der Waals surface area contributed by atoms with E-state index in [1.165, 1.54) is 10.9 Å². The number of nitrogens with zero attached hydrogens (tertiary/aromatic N) is 2. The number of hydrogen-bond donors (Lipinski definition) is 1. The second-order valence-electron chi connectivity index (χ2n) is 4.93. The molecule has 0 saturated carbocycles. The molecule has 0 amide bonds. The van der Waals surface area contributed by atoms with Gasteiger partial charge < -0.3 is 10.2 Å².